The molecule has 102 valence electrons. The highest BCUT2D eigenvalue weighted by Crippen LogP contribution is 2.26. The second-order valence-electron chi connectivity index (χ2n) is 5.06. The van der Waals surface area contributed by atoms with Crippen LogP contribution in [0.15, 0.2) is 6.20 Å². The van der Waals surface area contributed by atoms with E-state index in [4.69, 9.17) is 10.5 Å². The lowest BCUT2D eigenvalue weighted by Crippen LogP contribution is -2.43. The zero-order valence-corrected chi connectivity index (χ0v) is 11.6. The minimum Gasteiger partial charge on any atom is -0.380 e. The molecule has 0 aliphatic carbocycles. The van der Waals surface area contributed by atoms with Crippen LogP contribution in [-0.2, 0) is 11.8 Å². The predicted octanol–water partition coefficient (Wildman–Crippen LogP) is 0.839. The Morgan fingerprint density at radius 1 is 1.61 bits per heavy atom. The number of piperidine rings is 1. The maximum atomic E-state index is 5.98. The number of methoxy groups -OCH3 is 1. The van der Waals surface area contributed by atoms with Crippen LogP contribution < -0.4 is 5.73 Å². The minimum atomic E-state index is 0.261. The first-order valence-corrected chi connectivity index (χ1v) is 6.62. The van der Waals surface area contributed by atoms with Crippen LogP contribution in [-0.4, -0.2) is 47.5 Å². The third kappa shape index (κ3) is 2.58. The summed E-state index contributed by atoms with van der Waals surface area (Å²) in [5, 5.41) is 4.32. The molecule has 1 aromatic heterocycles. The van der Waals surface area contributed by atoms with Gasteiger partial charge in [-0.25, -0.2) is 0 Å². The van der Waals surface area contributed by atoms with Crippen molar-refractivity contribution in [3.8, 4) is 0 Å². The van der Waals surface area contributed by atoms with E-state index >= 15 is 0 Å². The van der Waals surface area contributed by atoms with E-state index in [0.717, 1.165) is 19.5 Å². The van der Waals surface area contributed by atoms with E-state index in [9.17, 15) is 0 Å². The molecule has 2 heterocycles. The van der Waals surface area contributed by atoms with Gasteiger partial charge >= 0.3 is 0 Å². The summed E-state index contributed by atoms with van der Waals surface area (Å²) in [6.07, 6.45) is 4.61. The number of nitrogens with zero attached hydrogens (tertiary/aromatic N) is 3. The van der Waals surface area contributed by atoms with Gasteiger partial charge in [-0.1, -0.05) is 0 Å². The van der Waals surface area contributed by atoms with Gasteiger partial charge in [0, 0.05) is 38.5 Å². The Morgan fingerprint density at radius 3 is 2.94 bits per heavy atom. The summed E-state index contributed by atoms with van der Waals surface area (Å²) in [7, 11) is 3.77. The van der Waals surface area contributed by atoms with Gasteiger partial charge in [-0.05, 0) is 26.3 Å². The molecule has 2 rings (SSSR count). The van der Waals surface area contributed by atoms with E-state index in [1.54, 1.807) is 7.11 Å². The number of hydrogen-bond donors (Lipinski definition) is 1. The lowest BCUT2D eigenvalue weighted by atomic mass is 10.0. The molecule has 0 amide bonds. The van der Waals surface area contributed by atoms with Crippen molar-refractivity contribution in [2.24, 2.45) is 12.8 Å². The molecule has 1 fully saturated rings. The molecule has 1 saturated heterocycles. The molecule has 1 aromatic rings. The fourth-order valence-corrected chi connectivity index (χ4v) is 2.76. The van der Waals surface area contributed by atoms with Gasteiger partial charge in [0.1, 0.15) is 0 Å². The average molecular weight is 252 g/mol. The minimum absolute atomic E-state index is 0.261. The lowest BCUT2D eigenvalue weighted by Gasteiger charge is -2.37. The Balaban J connectivity index is 2.15. The Hall–Kier alpha value is -0.910. The monoisotopic (exact) mass is 252 g/mol. The molecule has 2 unspecified atom stereocenters. The molecule has 5 heteroatoms. The summed E-state index contributed by atoms with van der Waals surface area (Å²) in [6, 6.07) is 0.261. The highest BCUT2D eigenvalue weighted by molar-refractivity contribution is 5.21. The largest absolute Gasteiger partial charge is 0.380 e. The predicted molar refractivity (Wildman–Crippen MR) is 71.3 cm³/mol. The Bertz CT molecular complexity index is 390. The van der Waals surface area contributed by atoms with Crippen molar-refractivity contribution < 1.29 is 4.74 Å². The molecule has 0 bridgehead atoms. The van der Waals surface area contributed by atoms with Crippen molar-refractivity contribution >= 4 is 0 Å². The Labute approximate surface area is 109 Å². The highest BCUT2D eigenvalue weighted by atomic mass is 16.5. The van der Waals surface area contributed by atoms with Crippen LogP contribution in [0.3, 0.4) is 0 Å². The maximum Gasteiger partial charge on any atom is 0.0698 e. The number of ether oxygens (including phenoxy) is 1. The zero-order valence-electron chi connectivity index (χ0n) is 11.6. The molecule has 0 aromatic carbocycles. The topological polar surface area (TPSA) is 56.3 Å². The Morgan fingerprint density at radius 2 is 2.39 bits per heavy atom. The van der Waals surface area contributed by atoms with Crippen molar-refractivity contribution in [3.05, 3.63) is 17.5 Å². The summed E-state index contributed by atoms with van der Waals surface area (Å²) >= 11 is 0. The number of nitrogens with two attached hydrogens (primary N) is 1. The van der Waals surface area contributed by atoms with Crippen LogP contribution in [0.5, 0.6) is 0 Å². The van der Waals surface area contributed by atoms with Crippen LogP contribution in [0.2, 0.25) is 0 Å². The maximum absolute atomic E-state index is 5.98. The molecule has 2 N–H and O–H groups in total. The first-order valence-electron chi connectivity index (χ1n) is 6.62. The van der Waals surface area contributed by atoms with Gasteiger partial charge < -0.3 is 10.5 Å². The summed E-state index contributed by atoms with van der Waals surface area (Å²) in [6.45, 7) is 4.79. The molecule has 0 saturated carbocycles. The third-order valence-corrected chi connectivity index (χ3v) is 4.04. The zero-order chi connectivity index (χ0) is 13.1. The van der Waals surface area contributed by atoms with Crippen LogP contribution in [0, 0.1) is 6.92 Å². The quantitative estimate of drug-likeness (QED) is 0.862. The van der Waals surface area contributed by atoms with Crippen molar-refractivity contribution in [1.29, 1.82) is 0 Å². The second kappa shape index (κ2) is 5.82. The molecule has 0 radical (unpaired) electrons. The summed E-state index contributed by atoms with van der Waals surface area (Å²) < 4.78 is 7.40. The van der Waals surface area contributed by atoms with Gasteiger partial charge in [0.15, 0.2) is 0 Å². The van der Waals surface area contributed by atoms with Crippen molar-refractivity contribution in [2.45, 2.75) is 31.9 Å². The summed E-state index contributed by atoms with van der Waals surface area (Å²) in [5.74, 6) is 0. The SMILES string of the molecule is COC1CCCN(C(CN)c2cnn(C)c2C)C1. The smallest absolute Gasteiger partial charge is 0.0698 e. The molecular weight excluding hydrogens is 228 g/mol. The van der Waals surface area contributed by atoms with Crippen LogP contribution >= 0.6 is 0 Å². The molecular formula is C13H24N4O. The molecule has 2 atom stereocenters. The van der Waals surface area contributed by atoms with E-state index in [-0.39, 0.29) is 6.04 Å². The standard InChI is InChI=1S/C13H24N4O/c1-10-12(8-15-16(10)2)13(7-14)17-6-4-5-11(9-17)18-3/h8,11,13H,4-7,9,14H2,1-3H3. The number of aryl methyl sites for hydroxylation is 1. The van der Waals surface area contributed by atoms with E-state index in [1.165, 1.54) is 17.7 Å². The van der Waals surface area contributed by atoms with Crippen LogP contribution in [0.25, 0.3) is 0 Å². The van der Waals surface area contributed by atoms with E-state index < -0.39 is 0 Å². The normalized spacial score (nSPS) is 23.2. The van der Waals surface area contributed by atoms with Gasteiger partial charge in [0.05, 0.1) is 18.3 Å². The van der Waals surface area contributed by atoms with Crippen molar-refractivity contribution in [2.75, 3.05) is 26.7 Å². The van der Waals surface area contributed by atoms with E-state index in [0.29, 0.717) is 12.6 Å². The number of aromatic nitrogens is 2. The van der Waals surface area contributed by atoms with E-state index in [2.05, 4.69) is 16.9 Å². The van der Waals surface area contributed by atoms with Crippen molar-refractivity contribution in [3.63, 3.8) is 0 Å². The average Bonchev–Trinajstić information content (AvgIpc) is 2.72. The Kier molecular flexibility index (Phi) is 4.37. The molecule has 5 nitrogen and oxygen atoms in total. The number of hydrogen-bond acceptors (Lipinski definition) is 4. The summed E-state index contributed by atoms with van der Waals surface area (Å²) in [4.78, 5) is 2.43. The van der Waals surface area contributed by atoms with Crippen molar-refractivity contribution in [1.82, 2.24) is 14.7 Å². The van der Waals surface area contributed by atoms with Crippen LogP contribution in [0.1, 0.15) is 30.1 Å². The number of rotatable bonds is 4. The first kappa shape index (κ1) is 13.5. The molecule has 0 spiro atoms. The lowest BCUT2D eigenvalue weighted by molar-refractivity contribution is 0.0154. The third-order valence-electron chi connectivity index (χ3n) is 4.04. The summed E-state index contributed by atoms with van der Waals surface area (Å²) in [5.41, 5.74) is 8.43. The fourth-order valence-electron chi connectivity index (χ4n) is 2.76. The van der Waals surface area contributed by atoms with Gasteiger partial charge in [0.25, 0.3) is 0 Å². The van der Waals surface area contributed by atoms with Gasteiger partial charge in [0.2, 0.25) is 0 Å². The van der Waals surface area contributed by atoms with Gasteiger partial charge in [-0.3, -0.25) is 9.58 Å². The first-order chi connectivity index (χ1) is 8.67. The molecule has 1 aliphatic heterocycles. The van der Waals surface area contributed by atoms with Gasteiger partial charge in [-0.15, -0.1) is 0 Å². The second-order valence-corrected chi connectivity index (χ2v) is 5.06. The fraction of sp³-hybridized carbons (Fsp3) is 0.769. The van der Waals surface area contributed by atoms with Crippen LogP contribution in [0.4, 0.5) is 0 Å². The van der Waals surface area contributed by atoms with Gasteiger partial charge in [-0.2, -0.15) is 5.10 Å². The molecule has 1 aliphatic rings. The number of likely N-dealkylation sites (tertiary alicyclic amines) is 1. The van der Waals surface area contributed by atoms with E-state index in [1.807, 2.05) is 17.9 Å². The highest BCUT2D eigenvalue weighted by Gasteiger charge is 2.27. The molecule has 18 heavy (non-hydrogen) atoms.